The first-order valence-electron chi connectivity index (χ1n) is 10.7. The highest BCUT2D eigenvalue weighted by Crippen LogP contribution is 2.37. The minimum absolute atomic E-state index is 0.104. The Hall–Kier alpha value is -3.08. The Kier molecular flexibility index (Phi) is 7.55. The van der Waals surface area contributed by atoms with Crippen molar-refractivity contribution in [3.05, 3.63) is 64.7 Å². The second-order valence-corrected chi connectivity index (χ2v) is 10.0. The summed E-state index contributed by atoms with van der Waals surface area (Å²) in [7, 11) is 3.39. The van der Waals surface area contributed by atoms with E-state index in [2.05, 4.69) is 0 Å². The van der Waals surface area contributed by atoms with E-state index in [1.54, 1.807) is 44.4 Å². The molecule has 0 unspecified atom stereocenters. The summed E-state index contributed by atoms with van der Waals surface area (Å²) in [5.41, 5.74) is 1.90. The molecule has 0 N–H and O–H groups in total. The van der Waals surface area contributed by atoms with E-state index in [-0.39, 0.29) is 11.7 Å². The Bertz CT molecular complexity index is 1000. The maximum atomic E-state index is 12.8. The first-order chi connectivity index (χ1) is 14.7. The van der Waals surface area contributed by atoms with E-state index in [0.29, 0.717) is 22.6 Å². The molecule has 0 aromatic heterocycles. The Morgan fingerprint density at radius 3 is 1.84 bits per heavy atom. The van der Waals surface area contributed by atoms with Crippen molar-refractivity contribution < 1.29 is 19.1 Å². The number of aryl methyl sites for hydroxylation is 1. The molecule has 0 bridgehead atoms. The monoisotopic (exact) mass is 437 g/mol. The predicted molar refractivity (Wildman–Crippen MR) is 130 cm³/mol. The molecule has 0 spiro atoms. The third-order valence-electron chi connectivity index (χ3n) is 4.40. The van der Waals surface area contributed by atoms with Gasteiger partial charge in [0.05, 0.1) is 5.56 Å². The zero-order valence-electron chi connectivity index (χ0n) is 20.7. The van der Waals surface area contributed by atoms with Gasteiger partial charge in [0.15, 0.2) is 5.78 Å². The van der Waals surface area contributed by atoms with Crippen LogP contribution in [0.15, 0.2) is 42.5 Å². The van der Waals surface area contributed by atoms with Crippen LogP contribution in [0.2, 0.25) is 0 Å². The molecule has 0 aliphatic carbocycles. The quantitative estimate of drug-likeness (QED) is 0.414. The lowest BCUT2D eigenvalue weighted by Gasteiger charge is -2.27. The van der Waals surface area contributed by atoms with Gasteiger partial charge in [-0.25, -0.2) is 0 Å². The maximum absolute atomic E-state index is 12.8. The second-order valence-electron chi connectivity index (χ2n) is 10.0. The number of hydrogen-bond donors (Lipinski definition) is 0. The average molecular weight is 438 g/mol. The number of benzene rings is 2. The van der Waals surface area contributed by atoms with Crippen LogP contribution < -0.4 is 9.47 Å². The molecule has 0 saturated heterocycles. The zero-order valence-corrected chi connectivity index (χ0v) is 20.7. The second kappa shape index (κ2) is 9.60. The maximum Gasteiger partial charge on any atom is 0.253 e. The van der Waals surface area contributed by atoms with Crippen LogP contribution >= 0.6 is 0 Å². The molecule has 32 heavy (non-hydrogen) atoms. The van der Waals surface area contributed by atoms with Gasteiger partial charge in [0.25, 0.3) is 5.91 Å². The summed E-state index contributed by atoms with van der Waals surface area (Å²) in [6, 6.07) is 10.5. The van der Waals surface area contributed by atoms with E-state index in [0.717, 1.165) is 11.1 Å². The fourth-order valence-electron chi connectivity index (χ4n) is 3.00. The Morgan fingerprint density at radius 1 is 0.812 bits per heavy atom. The topological polar surface area (TPSA) is 55.8 Å². The van der Waals surface area contributed by atoms with Crippen LogP contribution in [0.1, 0.15) is 73.4 Å². The smallest absolute Gasteiger partial charge is 0.253 e. The number of amides is 1. The van der Waals surface area contributed by atoms with Gasteiger partial charge in [0.2, 0.25) is 0 Å². The van der Waals surface area contributed by atoms with Gasteiger partial charge in [-0.15, -0.1) is 0 Å². The summed E-state index contributed by atoms with van der Waals surface area (Å²) in [5, 5.41) is 0. The van der Waals surface area contributed by atoms with Crippen molar-refractivity contribution in [2.24, 2.45) is 0 Å². The average Bonchev–Trinajstić information content (AvgIpc) is 2.67. The van der Waals surface area contributed by atoms with Crippen molar-refractivity contribution in [1.82, 2.24) is 4.90 Å². The molecular formula is C27H35NO4. The normalized spacial score (nSPS) is 12.0. The summed E-state index contributed by atoms with van der Waals surface area (Å²) >= 11 is 0. The summed E-state index contributed by atoms with van der Waals surface area (Å²) in [5.74, 6) is 1.07. The Balaban J connectivity index is 2.43. The summed E-state index contributed by atoms with van der Waals surface area (Å²) < 4.78 is 12.4. The molecule has 0 saturated carbocycles. The fraction of sp³-hybridized carbons (Fsp3) is 0.407. The molecule has 0 heterocycles. The number of rotatable bonds is 6. The van der Waals surface area contributed by atoms with E-state index in [9.17, 15) is 9.59 Å². The molecule has 0 aliphatic rings. The van der Waals surface area contributed by atoms with E-state index in [1.165, 1.54) is 11.0 Å². The lowest BCUT2D eigenvalue weighted by Crippen LogP contribution is -2.25. The van der Waals surface area contributed by atoms with Crippen LogP contribution in [0, 0.1) is 6.92 Å². The van der Waals surface area contributed by atoms with Gasteiger partial charge >= 0.3 is 0 Å². The highest BCUT2D eigenvalue weighted by molar-refractivity contribution is 6.07. The number of carbonyl (C=O) groups excluding carboxylic acids is 2. The SMILES string of the molecule is Cc1ccc(OC(C)(C)C)c(/C=C/C(=O)c2ccc(C(=O)N(C)C)cc2)c1OC(C)(C)C. The molecule has 2 aromatic carbocycles. The third-order valence-corrected chi connectivity index (χ3v) is 4.40. The van der Waals surface area contributed by atoms with E-state index in [4.69, 9.17) is 9.47 Å². The predicted octanol–water partition coefficient (Wildman–Crippen LogP) is 5.95. The van der Waals surface area contributed by atoms with Gasteiger partial charge in [-0.1, -0.05) is 18.2 Å². The van der Waals surface area contributed by atoms with E-state index >= 15 is 0 Å². The van der Waals surface area contributed by atoms with Crippen molar-refractivity contribution in [2.75, 3.05) is 14.1 Å². The first-order valence-corrected chi connectivity index (χ1v) is 10.7. The lowest BCUT2D eigenvalue weighted by atomic mass is 10.0. The molecule has 0 atom stereocenters. The number of ketones is 1. The van der Waals surface area contributed by atoms with Crippen molar-refractivity contribution in [1.29, 1.82) is 0 Å². The van der Waals surface area contributed by atoms with E-state index in [1.807, 2.05) is 60.6 Å². The fourth-order valence-corrected chi connectivity index (χ4v) is 3.00. The summed E-state index contributed by atoms with van der Waals surface area (Å²) in [6.07, 6.45) is 3.26. The molecule has 0 fully saturated rings. The van der Waals surface area contributed by atoms with Crippen molar-refractivity contribution in [3.8, 4) is 11.5 Å². The lowest BCUT2D eigenvalue weighted by molar-refractivity contribution is 0.0827. The standard InChI is InChI=1S/C27H35NO4/c1-18-10-17-23(31-26(2,3)4)21(24(18)32-27(5,6)7)15-16-22(29)19-11-13-20(14-12-19)25(30)28(8)9/h10-17H,1-9H3/b16-15+. The van der Waals surface area contributed by atoms with Crippen molar-refractivity contribution in [3.63, 3.8) is 0 Å². The van der Waals surface area contributed by atoms with Gasteiger partial charge in [-0.2, -0.15) is 0 Å². The minimum Gasteiger partial charge on any atom is -0.487 e. The highest BCUT2D eigenvalue weighted by Gasteiger charge is 2.21. The van der Waals surface area contributed by atoms with Crippen LogP contribution in [0.4, 0.5) is 0 Å². The summed E-state index contributed by atoms with van der Waals surface area (Å²) in [6.45, 7) is 13.9. The van der Waals surface area contributed by atoms with Gasteiger partial charge in [-0.3, -0.25) is 9.59 Å². The molecule has 172 valence electrons. The largest absolute Gasteiger partial charge is 0.487 e. The van der Waals surface area contributed by atoms with Crippen LogP contribution in [0.25, 0.3) is 6.08 Å². The molecule has 0 radical (unpaired) electrons. The summed E-state index contributed by atoms with van der Waals surface area (Å²) in [4.78, 5) is 26.4. The Labute approximate surface area is 192 Å². The zero-order chi connectivity index (χ0) is 24.3. The van der Waals surface area contributed by atoms with Crippen LogP contribution in [-0.4, -0.2) is 41.9 Å². The van der Waals surface area contributed by atoms with Crippen molar-refractivity contribution in [2.45, 2.75) is 59.7 Å². The molecule has 1 amide bonds. The minimum atomic E-state index is -0.410. The number of nitrogens with zero attached hydrogens (tertiary/aromatic N) is 1. The number of allylic oxidation sites excluding steroid dienone is 1. The van der Waals surface area contributed by atoms with E-state index < -0.39 is 11.2 Å². The number of hydrogen-bond acceptors (Lipinski definition) is 4. The Morgan fingerprint density at radius 2 is 1.34 bits per heavy atom. The van der Waals surface area contributed by atoms with Crippen molar-refractivity contribution >= 4 is 17.8 Å². The van der Waals surface area contributed by atoms with Crippen LogP contribution in [0.5, 0.6) is 11.5 Å². The van der Waals surface area contributed by atoms with Crippen LogP contribution in [-0.2, 0) is 0 Å². The molecule has 2 rings (SSSR count). The third kappa shape index (κ3) is 6.98. The first kappa shape index (κ1) is 25.2. The van der Waals surface area contributed by atoms with Gasteiger partial charge in [0.1, 0.15) is 22.7 Å². The van der Waals surface area contributed by atoms with Crippen LogP contribution in [0.3, 0.4) is 0 Å². The molecule has 2 aromatic rings. The van der Waals surface area contributed by atoms with Gasteiger partial charge in [0, 0.05) is 25.2 Å². The van der Waals surface area contributed by atoms with Gasteiger partial charge < -0.3 is 14.4 Å². The molecule has 5 heteroatoms. The highest BCUT2D eigenvalue weighted by atomic mass is 16.5. The van der Waals surface area contributed by atoms with Gasteiger partial charge in [-0.05, 0) is 84.4 Å². The molecule has 0 aliphatic heterocycles. The molecule has 5 nitrogen and oxygen atoms in total. The molecular weight excluding hydrogens is 402 g/mol. The number of ether oxygens (including phenoxy) is 2. The number of carbonyl (C=O) groups is 2.